The molecule has 0 aromatic heterocycles. The summed E-state index contributed by atoms with van der Waals surface area (Å²) in [7, 11) is 4.05. The fraction of sp³-hybridized carbons (Fsp3) is 0.611. The zero-order valence-electron chi connectivity index (χ0n) is 14.1. The first kappa shape index (κ1) is 16.3. The molecule has 1 heterocycles. The lowest BCUT2D eigenvalue weighted by Crippen LogP contribution is -2.31. The Morgan fingerprint density at radius 2 is 2.00 bits per heavy atom. The van der Waals surface area contributed by atoms with E-state index in [1.807, 2.05) is 38.4 Å². The molecule has 0 radical (unpaired) electrons. The van der Waals surface area contributed by atoms with Crippen LogP contribution in [0.4, 0.5) is 5.69 Å². The molecule has 2 N–H and O–H groups in total. The van der Waals surface area contributed by atoms with Crippen molar-refractivity contribution in [3.63, 3.8) is 0 Å². The van der Waals surface area contributed by atoms with Crippen molar-refractivity contribution in [3.05, 3.63) is 24.3 Å². The molecule has 5 nitrogen and oxygen atoms in total. The highest BCUT2D eigenvalue weighted by atomic mass is 16.5. The maximum atomic E-state index is 12.4. The van der Waals surface area contributed by atoms with Crippen molar-refractivity contribution in [1.82, 2.24) is 10.2 Å². The Morgan fingerprint density at radius 1 is 1.30 bits per heavy atom. The van der Waals surface area contributed by atoms with Crippen molar-refractivity contribution >= 4 is 11.6 Å². The van der Waals surface area contributed by atoms with Gasteiger partial charge in [0.15, 0.2) is 0 Å². The summed E-state index contributed by atoms with van der Waals surface area (Å²) in [4.78, 5) is 14.5. The number of hydrogen-bond donors (Lipinski definition) is 2. The van der Waals surface area contributed by atoms with Crippen LogP contribution in [0.25, 0.3) is 0 Å². The van der Waals surface area contributed by atoms with E-state index in [9.17, 15) is 4.79 Å². The number of anilines is 1. The number of hydrogen-bond acceptors (Lipinski definition) is 4. The fourth-order valence-electron chi connectivity index (χ4n) is 3.41. The monoisotopic (exact) mass is 317 g/mol. The Morgan fingerprint density at radius 3 is 2.65 bits per heavy atom. The van der Waals surface area contributed by atoms with E-state index in [4.69, 9.17) is 4.74 Å². The van der Waals surface area contributed by atoms with Gasteiger partial charge in [0, 0.05) is 18.2 Å². The van der Waals surface area contributed by atoms with Crippen LogP contribution in [-0.4, -0.2) is 51.1 Å². The number of carbonyl (C=O) groups excluding carboxylic acids is 1. The van der Waals surface area contributed by atoms with Gasteiger partial charge in [-0.1, -0.05) is 0 Å². The summed E-state index contributed by atoms with van der Waals surface area (Å²) < 4.78 is 5.67. The van der Waals surface area contributed by atoms with E-state index in [2.05, 4.69) is 15.5 Å². The number of amides is 1. The van der Waals surface area contributed by atoms with Gasteiger partial charge in [-0.25, -0.2) is 0 Å². The molecule has 5 heteroatoms. The zero-order chi connectivity index (χ0) is 16.3. The van der Waals surface area contributed by atoms with Gasteiger partial charge in [-0.3, -0.25) is 4.79 Å². The van der Waals surface area contributed by atoms with Gasteiger partial charge < -0.3 is 20.3 Å². The van der Waals surface area contributed by atoms with E-state index >= 15 is 0 Å². The number of piperidine rings is 1. The molecule has 1 unspecified atom stereocenters. The third-order valence-corrected chi connectivity index (χ3v) is 5.03. The van der Waals surface area contributed by atoms with Crippen molar-refractivity contribution in [2.45, 2.75) is 19.3 Å². The quantitative estimate of drug-likeness (QED) is 0.842. The highest BCUT2D eigenvalue weighted by molar-refractivity contribution is 5.95. The molecule has 1 aliphatic carbocycles. The average Bonchev–Trinajstić information content (AvgIpc) is 3.23. The molecule has 0 bridgehead atoms. The Kier molecular flexibility index (Phi) is 4.87. The summed E-state index contributed by atoms with van der Waals surface area (Å²) in [6, 6.07) is 7.66. The number of benzene rings is 1. The number of rotatable bonds is 6. The van der Waals surface area contributed by atoms with Crippen LogP contribution < -0.4 is 15.4 Å². The van der Waals surface area contributed by atoms with E-state index in [1.54, 1.807) is 0 Å². The number of nitrogens with zero attached hydrogens (tertiary/aromatic N) is 1. The molecule has 23 heavy (non-hydrogen) atoms. The molecule has 1 amide bonds. The molecule has 1 aliphatic heterocycles. The molecule has 3 rings (SSSR count). The summed E-state index contributed by atoms with van der Waals surface area (Å²) in [5, 5.41) is 6.42. The summed E-state index contributed by atoms with van der Waals surface area (Å²) in [6.45, 7) is 3.64. The lowest BCUT2D eigenvalue weighted by atomic mass is 9.92. The second kappa shape index (κ2) is 6.89. The maximum Gasteiger partial charge on any atom is 0.228 e. The van der Waals surface area contributed by atoms with Gasteiger partial charge in [-0.05, 0) is 76.1 Å². The van der Waals surface area contributed by atoms with E-state index in [0.29, 0.717) is 6.61 Å². The molecule has 1 saturated carbocycles. The van der Waals surface area contributed by atoms with Crippen molar-refractivity contribution in [2.75, 3.05) is 45.7 Å². The molecule has 2 aliphatic rings. The van der Waals surface area contributed by atoms with Crippen molar-refractivity contribution < 1.29 is 9.53 Å². The van der Waals surface area contributed by atoms with Crippen LogP contribution in [0, 0.1) is 11.3 Å². The Labute approximate surface area is 138 Å². The van der Waals surface area contributed by atoms with Crippen LogP contribution in [0.15, 0.2) is 24.3 Å². The molecular weight excluding hydrogens is 290 g/mol. The van der Waals surface area contributed by atoms with Crippen LogP contribution in [0.1, 0.15) is 19.3 Å². The van der Waals surface area contributed by atoms with E-state index in [1.165, 1.54) is 0 Å². The maximum absolute atomic E-state index is 12.4. The SMILES string of the molecule is CN(C)CCOc1ccc(NC(=O)C2CC23CCNCC3)cc1. The molecule has 1 atom stereocenters. The second-order valence-electron chi connectivity index (χ2n) is 7.03. The van der Waals surface area contributed by atoms with Crippen molar-refractivity contribution in [3.8, 4) is 5.75 Å². The molecule has 1 aromatic carbocycles. The van der Waals surface area contributed by atoms with Gasteiger partial charge >= 0.3 is 0 Å². The normalized spacial score (nSPS) is 22.1. The molecule has 2 fully saturated rings. The predicted octanol–water partition coefficient (Wildman–Crippen LogP) is 1.96. The van der Waals surface area contributed by atoms with Crippen LogP contribution in [0.5, 0.6) is 5.75 Å². The van der Waals surface area contributed by atoms with Gasteiger partial charge in [-0.2, -0.15) is 0 Å². The minimum absolute atomic E-state index is 0.174. The van der Waals surface area contributed by atoms with Gasteiger partial charge in [0.1, 0.15) is 12.4 Å². The summed E-state index contributed by atoms with van der Waals surface area (Å²) in [6.07, 6.45) is 3.31. The smallest absolute Gasteiger partial charge is 0.228 e. The Hall–Kier alpha value is -1.59. The predicted molar refractivity (Wildman–Crippen MR) is 91.8 cm³/mol. The topological polar surface area (TPSA) is 53.6 Å². The highest BCUT2D eigenvalue weighted by Gasteiger charge is 2.57. The number of ether oxygens (including phenoxy) is 1. The standard InChI is InChI=1S/C18H27N3O2/c1-21(2)11-12-23-15-5-3-14(4-6-15)20-17(22)16-13-18(16)7-9-19-10-8-18/h3-6,16,19H,7-13H2,1-2H3,(H,20,22). The molecule has 1 aromatic rings. The first-order valence-electron chi connectivity index (χ1n) is 8.48. The Balaban J connectivity index is 1.48. The average molecular weight is 317 g/mol. The summed E-state index contributed by atoms with van der Waals surface area (Å²) in [5.41, 5.74) is 1.14. The van der Waals surface area contributed by atoms with Crippen LogP contribution in [-0.2, 0) is 4.79 Å². The van der Waals surface area contributed by atoms with Gasteiger partial charge in [0.25, 0.3) is 0 Å². The Bertz CT molecular complexity index is 536. The minimum atomic E-state index is 0.174. The molecular formula is C18H27N3O2. The van der Waals surface area contributed by atoms with Crippen molar-refractivity contribution in [2.24, 2.45) is 11.3 Å². The van der Waals surface area contributed by atoms with E-state index in [0.717, 1.165) is 50.3 Å². The summed E-state index contributed by atoms with van der Waals surface area (Å²) in [5.74, 6) is 1.21. The molecule has 1 spiro atoms. The lowest BCUT2D eigenvalue weighted by molar-refractivity contribution is -0.118. The van der Waals surface area contributed by atoms with Gasteiger partial charge in [-0.15, -0.1) is 0 Å². The molecule has 126 valence electrons. The van der Waals surface area contributed by atoms with Crippen LogP contribution in [0.2, 0.25) is 0 Å². The molecule has 1 saturated heterocycles. The highest BCUT2D eigenvalue weighted by Crippen LogP contribution is 2.58. The van der Waals surface area contributed by atoms with E-state index < -0.39 is 0 Å². The third kappa shape index (κ3) is 4.03. The largest absolute Gasteiger partial charge is 0.492 e. The van der Waals surface area contributed by atoms with Crippen LogP contribution in [0.3, 0.4) is 0 Å². The number of carbonyl (C=O) groups is 1. The number of nitrogens with one attached hydrogen (secondary N) is 2. The van der Waals surface area contributed by atoms with Crippen LogP contribution >= 0.6 is 0 Å². The third-order valence-electron chi connectivity index (χ3n) is 5.03. The zero-order valence-corrected chi connectivity index (χ0v) is 14.1. The fourth-order valence-corrected chi connectivity index (χ4v) is 3.41. The first-order chi connectivity index (χ1) is 11.1. The number of likely N-dealkylation sites (N-methyl/N-ethyl adjacent to an activating group) is 1. The van der Waals surface area contributed by atoms with Gasteiger partial charge in [0.2, 0.25) is 5.91 Å². The second-order valence-corrected chi connectivity index (χ2v) is 7.03. The lowest BCUT2D eigenvalue weighted by Gasteiger charge is -2.23. The first-order valence-corrected chi connectivity index (χ1v) is 8.48. The van der Waals surface area contributed by atoms with Crippen molar-refractivity contribution in [1.29, 1.82) is 0 Å². The summed E-state index contributed by atoms with van der Waals surface area (Å²) >= 11 is 0. The van der Waals surface area contributed by atoms with E-state index in [-0.39, 0.29) is 17.2 Å². The van der Waals surface area contributed by atoms with Gasteiger partial charge in [0.05, 0.1) is 0 Å². The minimum Gasteiger partial charge on any atom is -0.492 e.